The molecule has 0 spiro atoms. The van der Waals surface area contributed by atoms with Gasteiger partial charge in [-0.3, -0.25) is 4.79 Å². The molecule has 5 nitrogen and oxygen atoms in total. The number of hydrogen-bond acceptors (Lipinski definition) is 4. The van der Waals surface area contributed by atoms with Crippen LogP contribution in [0.25, 0.3) is 0 Å². The summed E-state index contributed by atoms with van der Waals surface area (Å²) in [5.74, 6) is -1.72. The standard InChI is InChI=1S/C15H15NO4S/c1-3-9-6-13(21-8(9)2)14(18)16-12-5-4-10(17)7-11(12)15(19)20/h4-7,17H,3H2,1-2H3,(H,16,18)(H,19,20). The number of hydrogen-bond donors (Lipinski definition) is 3. The summed E-state index contributed by atoms with van der Waals surface area (Å²) < 4.78 is 0. The van der Waals surface area contributed by atoms with Gasteiger partial charge in [0.2, 0.25) is 0 Å². The molecule has 0 fully saturated rings. The van der Waals surface area contributed by atoms with Crippen LogP contribution in [0.15, 0.2) is 24.3 Å². The Balaban J connectivity index is 2.29. The van der Waals surface area contributed by atoms with E-state index >= 15 is 0 Å². The normalized spacial score (nSPS) is 10.4. The molecular weight excluding hydrogens is 290 g/mol. The molecule has 21 heavy (non-hydrogen) atoms. The Kier molecular flexibility index (Phi) is 4.28. The quantitative estimate of drug-likeness (QED) is 0.757. The molecule has 0 aliphatic carbocycles. The number of carbonyl (C=O) groups is 2. The van der Waals surface area contributed by atoms with Gasteiger partial charge >= 0.3 is 5.97 Å². The predicted molar refractivity (Wildman–Crippen MR) is 81.5 cm³/mol. The number of aromatic hydroxyl groups is 1. The molecule has 1 amide bonds. The summed E-state index contributed by atoms with van der Waals surface area (Å²) in [6.07, 6.45) is 0.842. The second-order valence-electron chi connectivity index (χ2n) is 4.53. The van der Waals surface area contributed by atoms with Gasteiger partial charge < -0.3 is 15.5 Å². The van der Waals surface area contributed by atoms with Gasteiger partial charge in [-0.2, -0.15) is 0 Å². The first-order valence-corrected chi connectivity index (χ1v) is 7.21. The number of carboxylic acid groups (broad SMARTS) is 1. The van der Waals surface area contributed by atoms with E-state index in [9.17, 15) is 14.7 Å². The molecule has 0 saturated carbocycles. The fourth-order valence-corrected chi connectivity index (χ4v) is 2.99. The van der Waals surface area contributed by atoms with Crippen LogP contribution in [-0.2, 0) is 6.42 Å². The lowest BCUT2D eigenvalue weighted by atomic mass is 10.1. The fraction of sp³-hybridized carbons (Fsp3) is 0.200. The molecule has 0 unspecified atom stereocenters. The molecule has 0 radical (unpaired) electrons. The molecule has 1 aromatic carbocycles. The number of carbonyl (C=O) groups excluding carboxylic acids is 1. The summed E-state index contributed by atoms with van der Waals surface area (Å²) >= 11 is 1.37. The topological polar surface area (TPSA) is 86.6 Å². The summed E-state index contributed by atoms with van der Waals surface area (Å²) in [5, 5.41) is 21.0. The van der Waals surface area contributed by atoms with Gasteiger partial charge in [-0.15, -0.1) is 11.3 Å². The largest absolute Gasteiger partial charge is 0.508 e. The van der Waals surface area contributed by atoms with Gasteiger partial charge in [0.1, 0.15) is 5.75 Å². The number of phenols is 1. The van der Waals surface area contributed by atoms with Crippen LogP contribution in [0.1, 0.15) is 37.4 Å². The highest BCUT2D eigenvalue weighted by Gasteiger charge is 2.16. The van der Waals surface area contributed by atoms with Gasteiger partial charge in [0, 0.05) is 4.88 Å². The Morgan fingerprint density at radius 3 is 2.57 bits per heavy atom. The Hall–Kier alpha value is -2.34. The summed E-state index contributed by atoms with van der Waals surface area (Å²) in [6, 6.07) is 5.63. The summed E-state index contributed by atoms with van der Waals surface area (Å²) in [5.41, 5.74) is 1.12. The number of aryl methyl sites for hydroxylation is 2. The zero-order chi connectivity index (χ0) is 15.6. The average Bonchev–Trinajstić information content (AvgIpc) is 2.81. The molecule has 2 aromatic rings. The molecule has 0 aliphatic rings. The van der Waals surface area contributed by atoms with Crippen molar-refractivity contribution < 1.29 is 19.8 Å². The molecule has 6 heteroatoms. The van der Waals surface area contributed by atoms with Crippen molar-refractivity contribution in [3.8, 4) is 5.75 Å². The lowest BCUT2D eigenvalue weighted by Gasteiger charge is -2.07. The molecule has 110 valence electrons. The third-order valence-corrected chi connectivity index (χ3v) is 4.20. The van der Waals surface area contributed by atoms with Crippen LogP contribution < -0.4 is 5.32 Å². The number of thiophene rings is 1. The van der Waals surface area contributed by atoms with E-state index in [4.69, 9.17) is 5.11 Å². The van der Waals surface area contributed by atoms with Gasteiger partial charge in [-0.1, -0.05) is 6.92 Å². The minimum absolute atomic E-state index is 0.146. The second kappa shape index (κ2) is 5.97. The SMILES string of the molecule is CCc1cc(C(=O)Nc2ccc(O)cc2C(=O)O)sc1C. The van der Waals surface area contributed by atoms with Gasteiger partial charge in [-0.05, 0) is 43.2 Å². The summed E-state index contributed by atoms with van der Waals surface area (Å²) in [7, 11) is 0. The number of rotatable bonds is 4. The van der Waals surface area contributed by atoms with Crippen LogP contribution in [-0.4, -0.2) is 22.1 Å². The van der Waals surface area contributed by atoms with E-state index in [2.05, 4.69) is 5.32 Å². The van der Waals surface area contributed by atoms with Crippen LogP contribution >= 0.6 is 11.3 Å². The molecule has 0 atom stereocenters. The number of benzene rings is 1. The van der Waals surface area contributed by atoms with Gasteiger partial charge in [0.05, 0.1) is 16.1 Å². The fourth-order valence-electron chi connectivity index (χ4n) is 1.98. The summed E-state index contributed by atoms with van der Waals surface area (Å²) in [4.78, 5) is 24.9. The number of phenolic OH excluding ortho intramolecular Hbond substituents is 1. The zero-order valence-corrected chi connectivity index (χ0v) is 12.5. The van der Waals surface area contributed by atoms with Crippen molar-refractivity contribution in [2.75, 3.05) is 5.32 Å². The lowest BCUT2D eigenvalue weighted by Crippen LogP contribution is -2.13. The number of anilines is 1. The van der Waals surface area contributed by atoms with E-state index < -0.39 is 5.97 Å². The van der Waals surface area contributed by atoms with Crippen molar-refractivity contribution in [1.82, 2.24) is 0 Å². The van der Waals surface area contributed by atoms with Crippen LogP contribution in [0.2, 0.25) is 0 Å². The van der Waals surface area contributed by atoms with Crippen molar-refractivity contribution in [3.05, 3.63) is 45.1 Å². The van der Waals surface area contributed by atoms with E-state index in [0.717, 1.165) is 22.9 Å². The van der Waals surface area contributed by atoms with Gasteiger partial charge in [-0.25, -0.2) is 4.79 Å². The van der Waals surface area contributed by atoms with E-state index in [1.165, 1.54) is 23.5 Å². The lowest BCUT2D eigenvalue weighted by molar-refractivity contribution is 0.0697. The Labute approximate surface area is 125 Å². The van der Waals surface area contributed by atoms with Crippen LogP contribution in [0.3, 0.4) is 0 Å². The van der Waals surface area contributed by atoms with Gasteiger partial charge in [0.25, 0.3) is 5.91 Å². The van der Waals surface area contributed by atoms with Crippen molar-refractivity contribution >= 4 is 28.9 Å². The molecule has 0 saturated heterocycles. The highest BCUT2D eigenvalue weighted by atomic mass is 32.1. The Morgan fingerprint density at radius 1 is 1.29 bits per heavy atom. The maximum Gasteiger partial charge on any atom is 0.337 e. The minimum atomic E-state index is -1.21. The maximum absolute atomic E-state index is 12.2. The number of amides is 1. The Bertz CT molecular complexity index is 706. The Morgan fingerprint density at radius 2 is 2.00 bits per heavy atom. The first-order valence-electron chi connectivity index (χ1n) is 6.39. The van der Waals surface area contributed by atoms with Crippen molar-refractivity contribution in [2.45, 2.75) is 20.3 Å². The maximum atomic E-state index is 12.2. The molecule has 0 bridgehead atoms. The monoisotopic (exact) mass is 305 g/mol. The molecule has 2 rings (SSSR count). The van der Waals surface area contributed by atoms with E-state index in [1.54, 1.807) is 0 Å². The first-order chi connectivity index (χ1) is 9.92. The highest BCUT2D eigenvalue weighted by molar-refractivity contribution is 7.14. The minimum Gasteiger partial charge on any atom is -0.508 e. The van der Waals surface area contributed by atoms with E-state index in [-0.39, 0.29) is 22.9 Å². The third-order valence-electron chi connectivity index (χ3n) is 3.11. The van der Waals surface area contributed by atoms with Gasteiger partial charge in [0.15, 0.2) is 0 Å². The van der Waals surface area contributed by atoms with Crippen LogP contribution in [0.4, 0.5) is 5.69 Å². The number of nitrogens with one attached hydrogen (secondary N) is 1. The van der Waals surface area contributed by atoms with E-state index in [0.29, 0.717) is 4.88 Å². The smallest absolute Gasteiger partial charge is 0.337 e. The zero-order valence-electron chi connectivity index (χ0n) is 11.6. The average molecular weight is 305 g/mol. The molecule has 3 N–H and O–H groups in total. The highest BCUT2D eigenvalue weighted by Crippen LogP contribution is 2.25. The second-order valence-corrected chi connectivity index (χ2v) is 5.79. The van der Waals surface area contributed by atoms with Crippen LogP contribution in [0.5, 0.6) is 5.75 Å². The van der Waals surface area contributed by atoms with Crippen LogP contribution in [0, 0.1) is 6.92 Å². The number of carboxylic acids is 1. The predicted octanol–water partition coefficient (Wildman–Crippen LogP) is 3.28. The van der Waals surface area contributed by atoms with Crippen molar-refractivity contribution in [2.24, 2.45) is 0 Å². The number of aromatic carboxylic acids is 1. The van der Waals surface area contributed by atoms with Crippen molar-refractivity contribution in [3.63, 3.8) is 0 Å². The molecule has 1 heterocycles. The molecular formula is C15H15NO4S. The third kappa shape index (κ3) is 3.22. The first kappa shape index (κ1) is 15.1. The van der Waals surface area contributed by atoms with Crippen molar-refractivity contribution in [1.29, 1.82) is 0 Å². The molecule has 0 aliphatic heterocycles. The summed E-state index contributed by atoms with van der Waals surface area (Å²) in [6.45, 7) is 3.96. The van der Waals surface area contributed by atoms with E-state index in [1.807, 2.05) is 19.9 Å². The molecule has 1 aromatic heterocycles.